The van der Waals surface area contributed by atoms with E-state index in [0.717, 1.165) is 11.4 Å². The number of aliphatic carboxylic acids is 1. The molecule has 3 aromatic rings. The molecule has 1 unspecified atom stereocenters. The first-order chi connectivity index (χ1) is 17.1. The number of halogens is 3. The van der Waals surface area contributed by atoms with Crippen molar-refractivity contribution in [2.45, 2.75) is 25.3 Å². The Morgan fingerprint density at radius 2 is 1.89 bits per heavy atom. The highest BCUT2D eigenvalue weighted by Gasteiger charge is 2.38. The lowest BCUT2D eigenvalue weighted by Crippen LogP contribution is -2.47. The summed E-state index contributed by atoms with van der Waals surface area (Å²) < 4.78 is 33.4. The van der Waals surface area contributed by atoms with Crippen molar-refractivity contribution >= 4 is 17.8 Å². The van der Waals surface area contributed by atoms with Gasteiger partial charge in [-0.15, -0.1) is 0 Å². The average Bonchev–Trinajstić information content (AvgIpc) is 3.35. The van der Waals surface area contributed by atoms with Crippen molar-refractivity contribution in [1.82, 2.24) is 25.0 Å². The van der Waals surface area contributed by atoms with Crippen molar-refractivity contribution in [1.29, 1.82) is 5.26 Å². The summed E-state index contributed by atoms with van der Waals surface area (Å²) in [5.41, 5.74) is 2.37. The molecule has 0 spiro atoms. The summed E-state index contributed by atoms with van der Waals surface area (Å²) >= 11 is 0. The molecule has 0 fully saturated rings. The van der Waals surface area contributed by atoms with Crippen molar-refractivity contribution in [2.24, 2.45) is 0 Å². The molecular formula is C23H19F3N6O4. The SMILES string of the molecule is N#Cc1cccc(C(=O)N2Cc3ccnn3C(C(=O)NCc3ccccn3)C2)c1.O=C(O)C(F)(F)F. The van der Waals surface area contributed by atoms with Crippen LogP contribution in [0.1, 0.15) is 33.4 Å². The number of nitriles is 1. The zero-order chi connectivity index (χ0) is 26.3. The number of fused-ring (bicyclic) bond motifs is 1. The van der Waals surface area contributed by atoms with Gasteiger partial charge in [0.2, 0.25) is 5.91 Å². The van der Waals surface area contributed by atoms with E-state index in [4.69, 9.17) is 15.2 Å². The Balaban J connectivity index is 0.000000454. The molecule has 0 bridgehead atoms. The number of hydrogen-bond donors (Lipinski definition) is 2. The fraction of sp³-hybridized carbons (Fsp3) is 0.217. The van der Waals surface area contributed by atoms with Gasteiger partial charge in [-0.3, -0.25) is 19.3 Å². The Labute approximate surface area is 202 Å². The highest BCUT2D eigenvalue weighted by atomic mass is 19.4. The molecule has 13 heteroatoms. The molecule has 4 rings (SSSR count). The third-order valence-corrected chi connectivity index (χ3v) is 5.03. The molecule has 1 aromatic carbocycles. The van der Waals surface area contributed by atoms with Gasteiger partial charge in [0, 0.05) is 18.0 Å². The van der Waals surface area contributed by atoms with Gasteiger partial charge in [-0.2, -0.15) is 23.5 Å². The summed E-state index contributed by atoms with van der Waals surface area (Å²) in [5, 5.41) is 23.3. The largest absolute Gasteiger partial charge is 0.490 e. The van der Waals surface area contributed by atoms with Crippen LogP contribution in [-0.2, 0) is 22.7 Å². The van der Waals surface area contributed by atoms with E-state index in [1.807, 2.05) is 24.3 Å². The number of nitrogens with zero attached hydrogens (tertiary/aromatic N) is 5. The first-order valence-corrected chi connectivity index (χ1v) is 10.4. The number of carbonyl (C=O) groups is 3. The first-order valence-electron chi connectivity index (χ1n) is 10.4. The average molecular weight is 500 g/mol. The van der Waals surface area contributed by atoms with Gasteiger partial charge in [-0.1, -0.05) is 12.1 Å². The van der Waals surface area contributed by atoms with E-state index in [9.17, 15) is 22.8 Å². The van der Waals surface area contributed by atoms with E-state index in [1.54, 1.807) is 52.3 Å². The molecule has 0 radical (unpaired) electrons. The van der Waals surface area contributed by atoms with Crippen LogP contribution in [0.25, 0.3) is 0 Å². The normalized spacial score (nSPS) is 14.5. The molecule has 10 nitrogen and oxygen atoms in total. The van der Waals surface area contributed by atoms with E-state index < -0.39 is 18.2 Å². The van der Waals surface area contributed by atoms with Crippen LogP contribution in [0.5, 0.6) is 0 Å². The maximum atomic E-state index is 13.0. The lowest BCUT2D eigenvalue weighted by molar-refractivity contribution is -0.192. The highest BCUT2D eigenvalue weighted by molar-refractivity contribution is 5.95. The van der Waals surface area contributed by atoms with Gasteiger partial charge < -0.3 is 15.3 Å². The van der Waals surface area contributed by atoms with Gasteiger partial charge in [0.05, 0.1) is 42.7 Å². The number of carbonyl (C=O) groups excluding carboxylic acids is 2. The summed E-state index contributed by atoms with van der Waals surface area (Å²) in [7, 11) is 0. The van der Waals surface area contributed by atoms with Crippen LogP contribution < -0.4 is 5.32 Å². The summed E-state index contributed by atoms with van der Waals surface area (Å²) in [4.78, 5) is 40.6. The Kier molecular flexibility index (Phi) is 8.00. The molecule has 1 aliphatic heterocycles. The van der Waals surface area contributed by atoms with E-state index in [1.165, 1.54) is 0 Å². The van der Waals surface area contributed by atoms with Crippen LogP contribution in [0.3, 0.4) is 0 Å². The van der Waals surface area contributed by atoms with E-state index in [2.05, 4.69) is 15.4 Å². The van der Waals surface area contributed by atoms with Crippen molar-refractivity contribution in [3.05, 3.63) is 83.4 Å². The minimum absolute atomic E-state index is 0.193. The lowest BCUT2D eigenvalue weighted by Gasteiger charge is -2.33. The number of carboxylic acids is 1. The van der Waals surface area contributed by atoms with Crippen molar-refractivity contribution in [3.63, 3.8) is 0 Å². The number of nitrogens with one attached hydrogen (secondary N) is 1. The molecule has 186 valence electrons. The monoisotopic (exact) mass is 500 g/mol. The molecule has 2 N–H and O–H groups in total. The van der Waals surface area contributed by atoms with E-state index in [0.29, 0.717) is 24.2 Å². The zero-order valence-corrected chi connectivity index (χ0v) is 18.5. The van der Waals surface area contributed by atoms with Crippen LogP contribution in [-0.4, -0.2) is 55.3 Å². The van der Waals surface area contributed by atoms with Crippen molar-refractivity contribution < 1.29 is 32.7 Å². The van der Waals surface area contributed by atoms with Gasteiger partial charge in [0.15, 0.2) is 0 Å². The maximum absolute atomic E-state index is 13.0. The topological polar surface area (TPSA) is 141 Å². The zero-order valence-electron chi connectivity index (χ0n) is 18.5. The smallest absolute Gasteiger partial charge is 0.475 e. The predicted octanol–water partition coefficient (Wildman–Crippen LogP) is 2.30. The summed E-state index contributed by atoms with van der Waals surface area (Å²) in [6, 6.07) is 15.3. The minimum Gasteiger partial charge on any atom is -0.475 e. The number of carboxylic acid groups (broad SMARTS) is 1. The van der Waals surface area contributed by atoms with Gasteiger partial charge in [-0.05, 0) is 36.4 Å². The van der Waals surface area contributed by atoms with Crippen LogP contribution >= 0.6 is 0 Å². The second-order valence-corrected chi connectivity index (χ2v) is 7.50. The van der Waals surface area contributed by atoms with Gasteiger partial charge >= 0.3 is 12.1 Å². The van der Waals surface area contributed by atoms with Crippen molar-refractivity contribution in [2.75, 3.05) is 6.54 Å². The summed E-state index contributed by atoms with van der Waals surface area (Å²) in [5.74, 6) is -3.21. The fourth-order valence-corrected chi connectivity index (χ4v) is 3.34. The van der Waals surface area contributed by atoms with Crippen LogP contribution in [0.4, 0.5) is 13.2 Å². The second-order valence-electron chi connectivity index (χ2n) is 7.50. The number of benzene rings is 1. The summed E-state index contributed by atoms with van der Waals surface area (Å²) in [6.45, 7) is 0.836. The van der Waals surface area contributed by atoms with Crippen LogP contribution in [0.2, 0.25) is 0 Å². The Bertz CT molecular complexity index is 1290. The lowest BCUT2D eigenvalue weighted by atomic mass is 10.1. The molecule has 2 amide bonds. The molecule has 1 atom stereocenters. The van der Waals surface area contributed by atoms with E-state index >= 15 is 0 Å². The first kappa shape index (κ1) is 25.9. The van der Waals surface area contributed by atoms with Crippen LogP contribution in [0.15, 0.2) is 60.9 Å². The number of aromatic nitrogens is 3. The number of rotatable bonds is 4. The second kappa shape index (κ2) is 11.1. The molecular weight excluding hydrogens is 481 g/mol. The van der Waals surface area contributed by atoms with Crippen LogP contribution in [0, 0.1) is 11.3 Å². The minimum atomic E-state index is -5.08. The summed E-state index contributed by atoms with van der Waals surface area (Å²) in [6.07, 6.45) is -1.79. The molecule has 36 heavy (non-hydrogen) atoms. The standard InChI is InChI=1S/C21H18N6O2.C2HF3O2/c22-11-15-4-3-5-16(10-15)21(29)26-13-18-7-9-25-27(18)19(14-26)20(28)24-12-17-6-1-2-8-23-17;3-2(4,5)1(6)7/h1-10,19H,12-14H2,(H,24,28);(H,6,7). The third kappa shape index (κ3) is 6.44. The number of pyridine rings is 1. The molecule has 2 aromatic heterocycles. The number of alkyl halides is 3. The molecule has 0 aliphatic carbocycles. The Morgan fingerprint density at radius 1 is 1.14 bits per heavy atom. The van der Waals surface area contributed by atoms with Gasteiger partial charge in [0.1, 0.15) is 6.04 Å². The van der Waals surface area contributed by atoms with Gasteiger partial charge in [0.25, 0.3) is 5.91 Å². The van der Waals surface area contributed by atoms with E-state index in [-0.39, 0.29) is 18.4 Å². The fourth-order valence-electron chi connectivity index (χ4n) is 3.34. The third-order valence-electron chi connectivity index (χ3n) is 5.03. The molecule has 3 heterocycles. The molecule has 0 saturated heterocycles. The Morgan fingerprint density at radius 3 is 2.53 bits per heavy atom. The predicted molar refractivity (Wildman–Crippen MR) is 117 cm³/mol. The van der Waals surface area contributed by atoms with Gasteiger partial charge in [-0.25, -0.2) is 4.79 Å². The number of hydrogen-bond acceptors (Lipinski definition) is 6. The highest BCUT2D eigenvalue weighted by Crippen LogP contribution is 2.23. The molecule has 0 saturated carbocycles. The van der Waals surface area contributed by atoms with Crippen molar-refractivity contribution in [3.8, 4) is 6.07 Å². The maximum Gasteiger partial charge on any atom is 0.490 e. The Hall–Kier alpha value is -4.73. The molecule has 1 aliphatic rings. The quantitative estimate of drug-likeness (QED) is 0.560. The number of amides is 2.